The SMILES string of the molecule is O=C(Nc1ccc2c(c1)N(C(=O)C1CC1)CCC2)C1CCNCC1. The van der Waals surface area contributed by atoms with E-state index in [9.17, 15) is 9.59 Å². The van der Waals surface area contributed by atoms with Gasteiger partial charge in [0.1, 0.15) is 0 Å². The number of nitrogens with zero attached hydrogens (tertiary/aromatic N) is 1. The highest BCUT2D eigenvalue weighted by molar-refractivity contribution is 5.99. The molecule has 0 unspecified atom stereocenters. The number of fused-ring (bicyclic) bond motifs is 1. The third-order valence-corrected chi connectivity index (χ3v) is 5.37. The summed E-state index contributed by atoms with van der Waals surface area (Å²) >= 11 is 0. The van der Waals surface area contributed by atoms with Gasteiger partial charge in [-0.2, -0.15) is 0 Å². The Balaban J connectivity index is 1.51. The van der Waals surface area contributed by atoms with E-state index in [1.807, 2.05) is 17.0 Å². The third kappa shape index (κ3) is 3.18. The minimum absolute atomic E-state index is 0.0893. The summed E-state index contributed by atoms with van der Waals surface area (Å²) in [5.41, 5.74) is 3.03. The highest BCUT2D eigenvalue weighted by Gasteiger charge is 2.35. The predicted octanol–water partition coefficient (Wildman–Crippen LogP) is 2.31. The molecule has 2 aliphatic heterocycles. The molecule has 5 nitrogen and oxygen atoms in total. The van der Waals surface area contributed by atoms with E-state index in [2.05, 4.69) is 16.7 Å². The second kappa shape index (κ2) is 6.55. The first-order valence-electron chi connectivity index (χ1n) is 9.18. The molecule has 1 saturated carbocycles. The van der Waals surface area contributed by atoms with Gasteiger partial charge in [0.2, 0.25) is 11.8 Å². The quantitative estimate of drug-likeness (QED) is 0.895. The van der Waals surface area contributed by atoms with E-state index in [-0.39, 0.29) is 23.7 Å². The van der Waals surface area contributed by atoms with Gasteiger partial charge in [-0.15, -0.1) is 0 Å². The van der Waals surface area contributed by atoms with Crippen LogP contribution < -0.4 is 15.5 Å². The van der Waals surface area contributed by atoms with Gasteiger partial charge in [-0.25, -0.2) is 0 Å². The van der Waals surface area contributed by atoms with Gasteiger partial charge in [-0.3, -0.25) is 9.59 Å². The summed E-state index contributed by atoms with van der Waals surface area (Å²) in [4.78, 5) is 26.9. The van der Waals surface area contributed by atoms with Crippen molar-refractivity contribution in [2.45, 2.75) is 38.5 Å². The van der Waals surface area contributed by atoms with Crippen LogP contribution in [0.1, 0.15) is 37.7 Å². The first-order valence-corrected chi connectivity index (χ1v) is 9.18. The summed E-state index contributed by atoms with van der Waals surface area (Å²) in [5, 5.41) is 6.35. The highest BCUT2D eigenvalue weighted by atomic mass is 16.2. The Bertz CT molecular complexity index is 648. The second-order valence-electron chi connectivity index (χ2n) is 7.22. The Morgan fingerprint density at radius 2 is 1.88 bits per heavy atom. The van der Waals surface area contributed by atoms with E-state index < -0.39 is 0 Å². The normalized spacial score (nSPS) is 21.2. The van der Waals surface area contributed by atoms with Gasteiger partial charge in [0.25, 0.3) is 0 Å². The molecular weight excluding hydrogens is 302 g/mol. The van der Waals surface area contributed by atoms with E-state index in [1.165, 1.54) is 5.56 Å². The summed E-state index contributed by atoms with van der Waals surface area (Å²) in [5.74, 6) is 0.681. The molecule has 0 aromatic heterocycles. The topological polar surface area (TPSA) is 61.4 Å². The number of hydrogen-bond donors (Lipinski definition) is 2. The fraction of sp³-hybridized carbons (Fsp3) is 0.579. The Morgan fingerprint density at radius 3 is 2.62 bits per heavy atom. The number of rotatable bonds is 3. The van der Waals surface area contributed by atoms with Gasteiger partial charge in [0.15, 0.2) is 0 Å². The van der Waals surface area contributed by atoms with E-state index in [1.54, 1.807) is 0 Å². The van der Waals surface area contributed by atoms with Crippen LogP contribution in [-0.4, -0.2) is 31.4 Å². The molecule has 3 aliphatic rings. The van der Waals surface area contributed by atoms with Gasteiger partial charge in [0, 0.05) is 29.8 Å². The second-order valence-corrected chi connectivity index (χ2v) is 7.22. The fourth-order valence-electron chi connectivity index (χ4n) is 3.76. The Labute approximate surface area is 142 Å². The fourth-order valence-corrected chi connectivity index (χ4v) is 3.76. The maximum atomic E-state index is 12.5. The zero-order valence-corrected chi connectivity index (χ0v) is 14.0. The summed E-state index contributed by atoms with van der Waals surface area (Å²) in [7, 11) is 0. The molecule has 2 amide bonds. The minimum Gasteiger partial charge on any atom is -0.326 e. The van der Waals surface area contributed by atoms with Crippen LogP contribution in [0.3, 0.4) is 0 Å². The highest BCUT2D eigenvalue weighted by Crippen LogP contribution is 2.37. The molecular formula is C19H25N3O2. The van der Waals surface area contributed by atoms with Gasteiger partial charge >= 0.3 is 0 Å². The maximum absolute atomic E-state index is 12.5. The molecule has 1 saturated heterocycles. The minimum atomic E-state index is 0.0893. The molecule has 24 heavy (non-hydrogen) atoms. The van der Waals surface area contributed by atoms with Crippen LogP contribution in [0.2, 0.25) is 0 Å². The number of carbonyl (C=O) groups excluding carboxylic acids is 2. The number of amides is 2. The Hall–Kier alpha value is -1.88. The molecule has 2 fully saturated rings. The van der Waals surface area contributed by atoms with Gasteiger partial charge in [0.05, 0.1) is 0 Å². The molecule has 0 bridgehead atoms. The number of piperidine rings is 1. The maximum Gasteiger partial charge on any atom is 0.230 e. The molecule has 1 aliphatic carbocycles. The number of anilines is 2. The summed E-state index contributed by atoms with van der Waals surface area (Å²) < 4.78 is 0. The van der Waals surface area contributed by atoms with Crippen LogP contribution >= 0.6 is 0 Å². The Kier molecular flexibility index (Phi) is 4.27. The number of nitrogens with one attached hydrogen (secondary N) is 2. The average Bonchev–Trinajstić information content (AvgIpc) is 3.46. The van der Waals surface area contributed by atoms with Gasteiger partial charge in [-0.05, 0) is 69.3 Å². The molecule has 1 aromatic carbocycles. The monoisotopic (exact) mass is 327 g/mol. The molecule has 2 N–H and O–H groups in total. The smallest absolute Gasteiger partial charge is 0.230 e. The standard InChI is InChI=1S/C19H25N3O2/c23-18(14-7-9-20-10-8-14)21-16-6-5-13-2-1-11-22(17(13)12-16)19(24)15-3-4-15/h5-6,12,14-15,20H,1-4,7-11H2,(H,21,23). The van der Waals surface area contributed by atoms with Crippen molar-refractivity contribution < 1.29 is 9.59 Å². The lowest BCUT2D eigenvalue weighted by atomic mass is 9.96. The van der Waals surface area contributed by atoms with Crippen LogP contribution in [0.25, 0.3) is 0 Å². The van der Waals surface area contributed by atoms with Crippen molar-refractivity contribution in [3.8, 4) is 0 Å². The van der Waals surface area contributed by atoms with Crippen molar-refractivity contribution in [1.82, 2.24) is 5.32 Å². The van der Waals surface area contributed by atoms with E-state index >= 15 is 0 Å². The molecule has 4 rings (SSSR count). The molecule has 1 aromatic rings. The van der Waals surface area contributed by atoms with Crippen LogP contribution in [0.4, 0.5) is 11.4 Å². The zero-order chi connectivity index (χ0) is 16.5. The number of hydrogen-bond acceptors (Lipinski definition) is 3. The van der Waals surface area contributed by atoms with Gasteiger partial charge in [-0.1, -0.05) is 6.07 Å². The molecule has 0 atom stereocenters. The zero-order valence-electron chi connectivity index (χ0n) is 14.0. The summed E-state index contributed by atoms with van der Waals surface area (Å²) in [6.45, 7) is 2.62. The van der Waals surface area contributed by atoms with Crippen LogP contribution in [0.15, 0.2) is 18.2 Å². The van der Waals surface area contributed by atoms with Crippen molar-refractivity contribution in [2.24, 2.45) is 11.8 Å². The molecule has 128 valence electrons. The van der Waals surface area contributed by atoms with Crippen LogP contribution in [-0.2, 0) is 16.0 Å². The van der Waals surface area contributed by atoms with Crippen molar-refractivity contribution in [3.63, 3.8) is 0 Å². The summed E-state index contributed by atoms with van der Waals surface area (Å²) in [6.07, 6.45) is 5.86. The van der Waals surface area contributed by atoms with E-state index in [0.29, 0.717) is 0 Å². The van der Waals surface area contributed by atoms with Crippen molar-refractivity contribution in [1.29, 1.82) is 0 Å². The number of benzene rings is 1. The largest absolute Gasteiger partial charge is 0.326 e. The lowest BCUT2D eigenvalue weighted by molar-refractivity contribution is -0.121. The number of carbonyl (C=O) groups is 2. The first-order chi connectivity index (χ1) is 11.7. The molecule has 5 heteroatoms. The van der Waals surface area contributed by atoms with E-state index in [0.717, 1.165) is 69.5 Å². The van der Waals surface area contributed by atoms with E-state index in [4.69, 9.17) is 0 Å². The summed E-state index contributed by atoms with van der Waals surface area (Å²) in [6, 6.07) is 6.04. The predicted molar refractivity (Wildman–Crippen MR) is 94.1 cm³/mol. The van der Waals surface area contributed by atoms with Crippen molar-refractivity contribution in [3.05, 3.63) is 23.8 Å². The molecule has 2 heterocycles. The van der Waals surface area contributed by atoms with Gasteiger partial charge < -0.3 is 15.5 Å². The van der Waals surface area contributed by atoms with Crippen molar-refractivity contribution >= 4 is 23.2 Å². The first kappa shape index (κ1) is 15.6. The third-order valence-electron chi connectivity index (χ3n) is 5.37. The molecule has 0 radical (unpaired) electrons. The lowest BCUT2D eigenvalue weighted by Gasteiger charge is -2.30. The van der Waals surface area contributed by atoms with Crippen molar-refractivity contribution in [2.75, 3.05) is 29.9 Å². The van der Waals surface area contributed by atoms with Crippen LogP contribution in [0.5, 0.6) is 0 Å². The Morgan fingerprint density at radius 1 is 1.08 bits per heavy atom. The average molecular weight is 327 g/mol. The number of aryl methyl sites for hydroxylation is 1. The lowest BCUT2D eigenvalue weighted by Crippen LogP contribution is -2.37. The molecule has 0 spiro atoms. The van der Waals surface area contributed by atoms with Crippen LogP contribution in [0, 0.1) is 11.8 Å².